The van der Waals surface area contributed by atoms with Gasteiger partial charge in [0.05, 0.1) is 0 Å². The number of nitrogens with one attached hydrogen (secondary N) is 2. The Balaban J connectivity index is 2.14. The molecule has 2 aromatic carbocycles. The number of ether oxygens (including phenoxy) is 2. The first kappa shape index (κ1) is 26.9. The molecule has 2 rings (SSSR count). The Morgan fingerprint density at radius 2 is 1.38 bits per heavy atom. The predicted molar refractivity (Wildman–Crippen MR) is 131 cm³/mol. The van der Waals surface area contributed by atoms with Crippen LogP contribution in [-0.4, -0.2) is 35.7 Å². The molecule has 0 spiro atoms. The smallest absolute Gasteiger partial charge is 0.408 e. The van der Waals surface area contributed by atoms with Gasteiger partial charge in [0.1, 0.15) is 24.3 Å². The lowest BCUT2D eigenvalue weighted by atomic mass is 10.0. The summed E-state index contributed by atoms with van der Waals surface area (Å²) in [5.41, 5.74) is 1.04. The van der Waals surface area contributed by atoms with Crippen molar-refractivity contribution in [2.24, 2.45) is 5.92 Å². The number of rotatable bonds is 10. The molecule has 1 unspecified atom stereocenters. The second-order valence-electron chi connectivity index (χ2n) is 9.67. The van der Waals surface area contributed by atoms with Crippen LogP contribution in [0, 0.1) is 5.92 Å². The van der Waals surface area contributed by atoms with E-state index >= 15 is 0 Å². The van der Waals surface area contributed by atoms with E-state index in [1.807, 2.05) is 74.5 Å². The molecule has 0 aromatic heterocycles. The summed E-state index contributed by atoms with van der Waals surface area (Å²) in [6.45, 7) is 9.26. The van der Waals surface area contributed by atoms with Gasteiger partial charge in [-0.15, -0.1) is 0 Å². The molecule has 0 saturated carbocycles. The van der Waals surface area contributed by atoms with E-state index in [-0.39, 0.29) is 18.9 Å². The Bertz CT molecular complexity index is 923. The molecule has 0 radical (unpaired) electrons. The minimum absolute atomic E-state index is 0.104. The van der Waals surface area contributed by atoms with Gasteiger partial charge in [-0.25, -0.2) is 9.59 Å². The highest BCUT2D eigenvalue weighted by atomic mass is 16.6. The third-order valence-electron chi connectivity index (χ3n) is 4.82. The van der Waals surface area contributed by atoms with E-state index in [9.17, 15) is 14.4 Å². The molecular formula is C27H36N2O5. The minimum atomic E-state index is -0.909. The topological polar surface area (TPSA) is 93.7 Å². The van der Waals surface area contributed by atoms with Crippen LogP contribution in [0.2, 0.25) is 0 Å². The van der Waals surface area contributed by atoms with Gasteiger partial charge in [-0.2, -0.15) is 0 Å². The monoisotopic (exact) mass is 468 g/mol. The van der Waals surface area contributed by atoms with Gasteiger partial charge in [-0.3, -0.25) is 4.79 Å². The second-order valence-corrected chi connectivity index (χ2v) is 9.67. The molecule has 0 aliphatic rings. The Morgan fingerprint density at radius 1 is 0.824 bits per heavy atom. The third kappa shape index (κ3) is 10.1. The van der Waals surface area contributed by atoms with Gasteiger partial charge in [0.15, 0.2) is 0 Å². The van der Waals surface area contributed by atoms with Crippen molar-refractivity contribution in [3.05, 3.63) is 71.8 Å². The van der Waals surface area contributed by atoms with Gasteiger partial charge in [0.2, 0.25) is 5.91 Å². The third-order valence-corrected chi connectivity index (χ3v) is 4.82. The summed E-state index contributed by atoms with van der Waals surface area (Å²) < 4.78 is 10.8. The van der Waals surface area contributed by atoms with Crippen molar-refractivity contribution < 1.29 is 23.9 Å². The van der Waals surface area contributed by atoms with E-state index in [0.29, 0.717) is 6.42 Å². The van der Waals surface area contributed by atoms with Gasteiger partial charge in [-0.05, 0) is 44.2 Å². The van der Waals surface area contributed by atoms with Crippen molar-refractivity contribution in [1.82, 2.24) is 10.6 Å². The number of amides is 2. The summed E-state index contributed by atoms with van der Waals surface area (Å²) in [5.74, 6) is -0.873. The molecule has 2 amide bonds. The fraction of sp³-hybridized carbons (Fsp3) is 0.444. The largest absolute Gasteiger partial charge is 0.459 e. The van der Waals surface area contributed by atoms with E-state index < -0.39 is 35.7 Å². The average Bonchev–Trinajstić information content (AvgIpc) is 2.76. The number of hydrogen-bond donors (Lipinski definition) is 2. The van der Waals surface area contributed by atoms with Gasteiger partial charge in [0, 0.05) is 6.42 Å². The van der Waals surface area contributed by atoms with Crippen LogP contribution in [0.5, 0.6) is 0 Å². The van der Waals surface area contributed by atoms with Gasteiger partial charge in [-0.1, -0.05) is 74.5 Å². The van der Waals surface area contributed by atoms with E-state index in [1.54, 1.807) is 20.8 Å². The zero-order valence-corrected chi connectivity index (χ0v) is 20.7. The zero-order chi connectivity index (χ0) is 25.1. The van der Waals surface area contributed by atoms with Crippen LogP contribution in [0.4, 0.5) is 4.79 Å². The van der Waals surface area contributed by atoms with E-state index in [1.165, 1.54) is 0 Å². The fourth-order valence-corrected chi connectivity index (χ4v) is 3.30. The van der Waals surface area contributed by atoms with E-state index in [4.69, 9.17) is 9.47 Å². The predicted octanol–water partition coefficient (Wildman–Crippen LogP) is 4.40. The summed E-state index contributed by atoms with van der Waals surface area (Å²) in [6.07, 6.45) is -0.0250. The Kier molecular flexibility index (Phi) is 10.1. The summed E-state index contributed by atoms with van der Waals surface area (Å²) in [4.78, 5) is 38.5. The van der Waals surface area contributed by atoms with Crippen LogP contribution in [-0.2, 0) is 32.1 Å². The minimum Gasteiger partial charge on any atom is -0.459 e. The van der Waals surface area contributed by atoms with Crippen LogP contribution in [0.1, 0.15) is 52.2 Å². The van der Waals surface area contributed by atoms with E-state index in [2.05, 4.69) is 10.6 Å². The van der Waals surface area contributed by atoms with Crippen LogP contribution in [0.25, 0.3) is 0 Å². The van der Waals surface area contributed by atoms with Crippen molar-refractivity contribution in [3.63, 3.8) is 0 Å². The quantitative estimate of drug-likeness (QED) is 0.504. The highest BCUT2D eigenvalue weighted by molar-refractivity contribution is 5.89. The number of esters is 1. The number of alkyl carbamates (subject to hydrolysis) is 1. The first-order valence-corrected chi connectivity index (χ1v) is 11.6. The summed E-state index contributed by atoms with van der Waals surface area (Å²) >= 11 is 0. The lowest BCUT2D eigenvalue weighted by Crippen LogP contribution is -2.53. The molecule has 184 valence electrons. The zero-order valence-electron chi connectivity index (χ0n) is 20.7. The summed E-state index contributed by atoms with van der Waals surface area (Å²) in [7, 11) is 0. The molecule has 2 aromatic rings. The summed E-state index contributed by atoms with van der Waals surface area (Å²) in [5, 5.41) is 5.44. The lowest BCUT2D eigenvalue weighted by molar-refractivity contribution is -0.149. The molecule has 34 heavy (non-hydrogen) atoms. The molecule has 0 saturated heterocycles. The standard InChI is InChI=1S/C27H36N2O5/c1-19(2)16-22(29-26(32)34-27(3,4)5)24(30)28-23(17-20-12-8-6-9-13-20)25(31)33-18-21-14-10-7-11-15-21/h6-15,19,22-23H,16-18H2,1-5H3,(H,28,30)(H,29,32)/t22?,23-/m0/s1. The van der Waals surface area contributed by atoms with E-state index in [0.717, 1.165) is 11.1 Å². The van der Waals surface area contributed by atoms with Gasteiger partial charge >= 0.3 is 12.1 Å². The van der Waals surface area contributed by atoms with Crippen LogP contribution in [0.15, 0.2) is 60.7 Å². The SMILES string of the molecule is CC(C)CC(NC(=O)OC(C)(C)C)C(=O)N[C@@H](Cc1ccccc1)C(=O)OCc1ccccc1. The molecular weight excluding hydrogens is 432 g/mol. The van der Waals surface area contributed by atoms with Crippen LogP contribution in [0.3, 0.4) is 0 Å². The molecule has 0 heterocycles. The number of carbonyl (C=O) groups excluding carboxylic acids is 3. The number of benzene rings is 2. The maximum Gasteiger partial charge on any atom is 0.408 e. The highest BCUT2D eigenvalue weighted by Crippen LogP contribution is 2.12. The fourth-order valence-electron chi connectivity index (χ4n) is 3.30. The number of carbonyl (C=O) groups is 3. The molecule has 0 bridgehead atoms. The first-order valence-electron chi connectivity index (χ1n) is 11.6. The number of hydrogen-bond acceptors (Lipinski definition) is 5. The van der Waals surface area contributed by atoms with Crippen LogP contribution >= 0.6 is 0 Å². The lowest BCUT2D eigenvalue weighted by Gasteiger charge is -2.26. The molecule has 0 aliphatic carbocycles. The van der Waals surface area contributed by atoms with Gasteiger partial charge in [0.25, 0.3) is 0 Å². The maximum absolute atomic E-state index is 13.2. The highest BCUT2D eigenvalue weighted by Gasteiger charge is 2.29. The maximum atomic E-state index is 13.2. The Morgan fingerprint density at radius 3 is 1.91 bits per heavy atom. The normalized spacial score (nSPS) is 13.0. The van der Waals surface area contributed by atoms with Crippen LogP contribution < -0.4 is 10.6 Å². The van der Waals surface area contributed by atoms with Gasteiger partial charge < -0.3 is 20.1 Å². The molecule has 0 aliphatic heterocycles. The molecule has 7 heteroatoms. The Labute approximate surface area is 202 Å². The molecule has 2 atom stereocenters. The molecule has 7 nitrogen and oxygen atoms in total. The van der Waals surface area contributed by atoms with Crippen molar-refractivity contribution >= 4 is 18.0 Å². The first-order chi connectivity index (χ1) is 16.0. The molecule has 0 fully saturated rings. The van der Waals surface area contributed by atoms with Crippen molar-refractivity contribution in [3.8, 4) is 0 Å². The summed E-state index contributed by atoms with van der Waals surface area (Å²) in [6, 6.07) is 17.0. The Hall–Kier alpha value is -3.35. The van der Waals surface area contributed by atoms with Crippen molar-refractivity contribution in [2.45, 2.75) is 71.8 Å². The molecule has 2 N–H and O–H groups in total. The van der Waals surface area contributed by atoms with Crippen molar-refractivity contribution in [1.29, 1.82) is 0 Å². The average molecular weight is 469 g/mol. The van der Waals surface area contributed by atoms with Crippen molar-refractivity contribution in [2.75, 3.05) is 0 Å². The second kappa shape index (κ2) is 12.8.